The predicted molar refractivity (Wildman–Crippen MR) is 102 cm³/mol. The van der Waals surface area contributed by atoms with E-state index in [2.05, 4.69) is 15.9 Å². The summed E-state index contributed by atoms with van der Waals surface area (Å²) < 4.78 is 16.6. The first-order chi connectivity index (χ1) is 12.3. The maximum Gasteiger partial charge on any atom is 0.352 e. The van der Waals surface area contributed by atoms with E-state index in [0.29, 0.717) is 26.6 Å². The van der Waals surface area contributed by atoms with E-state index in [1.165, 1.54) is 24.3 Å². The van der Waals surface area contributed by atoms with Crippen LogP contribution in [0.2, 0.25) is 5.02 Å². The molecule has 0 fully saturated rings. The van der Waals surface area contributed by atoms with Crippen molar-refractivity contribution in [2.24, 2.45) is 0 Å². The number of rotatable bonds is 6. The highest BCUT2D eigenvalue weighted by atomic mass is 79.9. The molecule has 0 aliphatic carbocycles. The summed E-state index contributed by atoms with van der Waals surface area (Å²) in [5, 5.41) is 0.551. The third kappa shape index (κ3) is 5.75. The van der Waals surface area contributed by atoms with Crippen molar-refractivity contribution in [1.29, 1.82) is 0 Å². The monoisotopic (exact) mass is 440 g/mol. The van der Waals surface area contributed by atoms with Crippen molar-refractivity contribution < 1.29 is 23.8 Å². The molecule has 0 aliphatic heterocycles. The minimum absolute atomic E-state index is 0.204. The molecule has 0 spiro atoms. The third-order valence-electron chi connectivity index (χ3n) is 3.18. The van der Waals surface area contributed by atoms with Crippen LogP contribution in [0, 0.1) is 0 Å². The molecule has 1 atom stereocenters. The Balaban J connectivity index is 1.97. The van der Waals surface area contributed by atoms with Crippen molar-refractivity contribution in [3.63, 3.8) is 0 Å². The molecule has 0 heterocycles. The Morgan fingerprint density at radius 3 is 2.27 bits per heavy atom. The summed E-state index contributed by atoms with van der Waals surface area (Å²) in [4.78, 5) is 24.0. The molecule has 138 valence electrons. The summed E-state index contributed by atoms with van der Waals surface area (Å²) in [5.41, 5.74) is 0.382. The van der Waals surface area contributed by atoms with Crippen molar-refractivity contribution in [1.82, 2.24) is 0 Å². The standard InChI is InChI=1S/C19H18BrClO5/c1-11(2)24-19(23)13-4-7-15(8-5-13)26-18(22)12(3)25-17-9-6-14(21)10-16(17)20/h4-12H,1-3H3. The lowest BCUT2D eigenvalue weighted by Crippen LogP contribution is -2.28. The van der Waals surface area contributed by atoms with E-state index in [4.69, 9.17) is 25.8 Å². The Morgan fingerprint density at radius 1 is 1.04 bits per heavy atom. The van der Waals surface area contributed by atoms with Crippen LogP contribution in [-0.2, 0) is 9.53 Å². The Hall–Kier alpha value is -2.05. The molecule has 2 rings (SSSR count). The van der Waals surface area contributed by atoms with Gasteiger partial charge >= 0.3 is 11.9 Å². The fourth-order valence-corrected chi connectivity index (χ4v) is 2.73. The molecule has 7 heteroatoms. The molecule has 0 radical (unpaired) electrons. The average Bonchev–Trinajstić information content (AvgIpc) is 2.57. The zero-order valence-electron chi connectivity index (χ0n) is 14.5. The number of carbonyl (C=O) groups excluding carboxylic acids is 2. The van der Waals surface area contributed by atoms with Crippen molar-refractivity contribution in [3.8, 4) is 11.5 Å². The van der Waals surface area contributed by atoms with E-state index in [-0.39, 0.29) is 6.10 Å². The minimum Gasteiger partial charge on any atom is -0.478 e. The number of ether oxygens (including phenoxy) is 3. The maximum absolute atomic E-state index is 12.2. The molecule has 2 aromatic carbocycles. The van der Waals surface area contributed by atoms with Gasteiger partial charge in [-0.25, -0.2) is 9.59 Å². The SMILES string of the molecule is CC(C)OC(=O)c1ccc(OC(=O)C(C)Oc2ccc(Cl)cc2Br)cc1. The molecule has 0 bridgehead atoms. The van der Waals surface area contributed by atoms with Gasteiger partial charge in [0.25, 0.3) is 0 Å². The molecule has 2 aromatic rings. The molecule has 0 saturated carbocycles. The van der Waals surface area contributed by atoms with Crippen LogP contribution in [-0.4, -0.2) is 24.1 Å². The Bertz CT molecular complexity index is 789. The lowest BCUT2D eigenvalue weighted by molar-refractivity contribution is -0.141. The largest absolute Gasteiger partial charge is 0.478 e. The number of carbonyl (C=O) groups is 2. The second kappa shape index (κ2) is 9.05. The van der Waals surface area contributed by atoms with Gasteiger partial charge < -0.3 is 14.2 Å². The van der Waals surface area contributed by atoms with Crippen LogP contribution >= 0.6 is 27.5 Å². The van der Waals surface area contributed by atoms with E-state index >= 15 is 0 Å². The fraction of sp³-hybridized carbons (Fsp3) is 0.263. The summed E-state index contributed by atoms with van der Waals surface area (Å²) in [5.74, 6) is -0.209. The number of esters is 2. The van der Waals surface area contributed by atoms with Crippen LogP contribution in [0.4, 0.5) is 0 Å². The van der Waals surface area contributed by atoms with E-state index in [0.717, 1.165) is 0 Å². The highest BCUT2D eigenvalue weighted by Gasteiger charge is 2.19. The number of benzene rings is 2. The topological polar surface area (TPSA) is 61.8 Å². The van der Waals surface area contributed by atoms with Crippen molar-refractivity contribution in [3.05, 3.63) is 57.5 Å². The first-order valence-electron chi connectivity index (χ1n) is 7.90. The zero-order valence-corrected chi connectivity index (χ0v) is 16.8. The average molecular weight is 442 g/mol. The minimum atomic E-state index is -0.835. The summed E-state index contributed by atoms with van der Waals surface area (Å²) in [7, 11) is 0. The molecule has 26 heavy (non-hydrogen) atoms. The first kappa shape index (κ1) is 20.3. The third-order valence-corrected chi connectivity index (χ3v) is 4.04. The van der Waals surface area contributed by atoms with Gasteiger partial charge in [-0.15, -0.1) is 0 Å². The normalized spacial score (nSPS) is 11.8. The highest BCUT2D eigenvalue weighted by molar-refractivity contribution is 9.10. The fourth-order valence-electron chi connectivity index (χ4n) is 1.95. The van der Waals surface area contributed by atoms with Gasteiger partial charge in [-0.05, 0) is 79.2 Å². The van der Waals surface area contributed by atoms with Gasteiger partial charge in [0.1, 0.15) is 11.5 Å². The molecule has 0 N–H and O–H groups in total. The second-order valence-corrected chi connectivity index (χ2v) is 7.03. The Kier molecular flexibility index (Phi) is 7.06. The van der Waals surface area contributed by atoms with Crippen LogP contribution in [0.1, 0.15) is 31.1 Å². The molecule has 1 unspecified atom stereocenters. The summed E-state index contributed by atoms with van der Waals surface area (Å²) in [6.45, 7) is 5.13. The first-order valence-corrected chi connectivity index (χ1v) is 9.08. The number of hydrogen-bond acceptors (Lipinski definition) is 5. The van der Waals surface area contributed by atoms with E-state index in [1.54, 1.807) is 39.0 Å². The lowest BCUT2D eigenvalue weighted by atomic mass is 10.2. The molecule has 0 amide bonds. The van der Waals surface area contributed by atoms with Gasteiger partial charge in [-0.1, -0.05) is 11.6 Å². The van der Waals surface area contributed by atoms with Crippen molar-refractivity contribution in [2.75, 3.05) is 0 Å². The van der Waals surface area contributed by atoms with Crippen LogP contribution in [0.25, 0.3) is 0 Å². The maximum atomic E-state index is 12.2. The number of halogens is 2. The molecule has 0 aliphatic rings. The molecule has 5 nitrogen and oxygen atoms in total. The molecular weight excluding hydrogens is 424 g/mol. The second-order valence-electron chi connectivity index (χ2n) is 5.73. The smallest absolute Gasteiger partial charge is 0.352 e. The quantitative estimate of drug-likeness (QED) is 0.464. The summed E-state index contributed by atoms with van der Waals surface area (Å²) in [6, 6.07) is 11.1. The zero-order chi connectivity index (χ0) is 19.3. The predicted octanol–water partition coefficient (Wildman–Crippen LogP) is 5.04. The Morgan fingerprint density at radius 2 is 1.69 bits per heavy atom. The molecular formula is C19H18BrClO5. The Labute approximate surface area is 165 Å². The lowest BCUT2D eigenvalue weighted by Gasteiger charge is -2.15. The van der Waals surface area contributed by atoms with Gasteiger partial charge in [0, 0.05) is 5.02 Å². The van der Waals surface area contributed by atoms with Crippen LogP contribution in [0.5, 0.6) is 11.5 Å². The van der Waals surface area contributed by atoms with Gasteiger partial charge in [-0.3, -0.25) is 0 Å². The number of hydrogen-bond donors (Lipinski definition) is 0. The van der Waals surface area contributed by atoms with E-state index in [1.807, 2.05) is 0 Å². The van der Waals surface area contributed by atoms with E-state index < -0.39 is 18.0 Å². The molecule has 0 aromatic heterocycles. The summed E-state index contributed by atoms with van der Waals surface area (Å²) in [6.07, 6.45) is -1.04. The summed E-state index contributed by atoms with van der Waals surface area (Å²) >= 11 is 9.20. The van der Waals surface area contributed by atoms with Crippen LogP contribution in [0.15, 0.2) is 46.9 Å². The van der Waals surface area contributed by atoms with E-state index in [9.17, 15) is 9.59 Å². The van der Waals surface area contributed by atoms with Crippen LogP contribution in [0.3, 0.4) is 0 Å². The van der Waals surface area contributed by atoms with Gasteiger partial charge in [0.2, 0.25) is 0 Å². The highest BCUT2D eigenvalue weighted by Crippen LogP contribution is 2.29. The van der Waals surface area contributed by atoms with Crippen LogP contribution < -0.4 is 9.47 Å². The van der Waals surface area contributed by atoms with Crippen molar-refractivity contribution >= 4 is 39.5 Å². The van der Waals surface area contributed by atoms with Gasteiger partial charge in [-0.2, -0.15) is 0 Å². The van der Waals surface area contributed by atoms with Gasteiger partial charge in [0.05, 0.1) is 16.1 Å². The van der Waals surface area contributed by atoms with Gasteiger partial charge in [0.15, 0.2) is 6.10 Å². The van der Waals surface area contributed by atoms with Crippen molar-refractivity contribution in [2.45, 2.75) is 33.0 Å². The molecule has 0 saturated heterocycles.